The Morgan fingerprint density at radius 3 is 2.57 bits per heavy atom. The summed E-state index contributed by atoms with van der Waals surface area (Å²) < 4.78 is 0. The largest absolute Gasteiger partial charge is 0.329 e. The highest BCUT2D eigenvalue weighted by atomic mass is 16.2. The van der Waals surface area contributed by atoms with E-state index in [4.69, 9.17) is 0 Å². The first-order valence-corrected chi connectivity index (χ1v) is 8.76. The average molecular weight is 292 g/mol. The van der Waals surface area contributed by atoms with Gasteiger partial charge < -0.3 is 9.80 Å². The molecule has 4 heteroatoms. The highest BCUT2D eigenvalue weighted by Gasteiger charge is 2.48. The number of carbonyl (C=O) groups excluding carboxylic acids is 2. The van der Waals surface area contributed by atoms with Gasteiger partial charge in [-0.2, -0.15) is 0 Å². The van der Waals surface area contributed by atoms with Gasteiger partial charge in [-0.25, -0.2) is 0 Å². The van der Waals surface area contributed by atoms with Crippen LogP contribution in [0.3, 0.4) is 0 Å². The van der Waals surface area contributed by atoms with Gasteiger partial charge in [-0.15, -0.1) is 0 Å². The van der Waals surface area contributed by atoms with E-state index in [1.54, 1.807) is 0 Å². The third kappa shape index (κ3) is 2.58. The summed E-state index contributed by atoms with van der Waals surface area (Å²) in [7, 11) is 0. The Kier molecular flexibility index (Phi) is 4.23. The molecule has 0 aromatic rings. The van der Waals surface area contributed by atoms with Crippen LogP contribution in [0.15, 0.2) is 0 Å². The predicted octanol–water partition coefficient (Wildman–Crippen LogP) is 2.57. The van der Waals surface area contributed by atoms with Crippen LogP contribution >= 0.6 is 0 Å². The van der Waals surface area contributed by atoms with Crippen LogP contribution in [0, 0.1) is 5.92 Å². The van der Waals surface area contributed by atoms with Crippen LogP contribution in [0.2, 0.25) is 0 Å². The Labute approximate surface area is 127 Å². The van der Waals surface area contributed by atoms with Crippen LogP contribution in [0.1, 0.15) is 65.2 Å². The molecule has 118 valence electrons. The third-order valence-corrected chi connectivity index (χ3v) is 5.70. The maximum absolute atomic E-state index is 12.9. The normalized spacial score (nSPS) is 37.6. The predicted molar refractivity (Wildman–Crippen MR) is 81.7 cm³/mol. The van der Waals surface area contributed by atoms with Crippen LogP contribution in [0.4, 0.5) is 0 Å². The lowest BCUT2D eigenvalue weighted by atomic mass is 9.96. The fourth-order valence-electron chi connectivity index (χ4n) is 4.47. The van der Waals surface area contributed by atoms with Gasteiger partial charge in [0.1, 0.15) is 12.1 Å². The number of nitrogens with zero attached hydrogens (tertiary/aromatic N) is 2. The van der Waals surface area contributed by atoms with Crippen LogP contribution in [-0.2, 0) is 9.59 Å². The van der Waals surface area contributed by atoms with Crippen LogP contribution in [0.25, 0.3) is 0 Å². The number of amides is 2. The molecule has 0 spiro atoms. The molecule has 4 nitrogen and oxygen atoms in total. The van der Waals surface area contributed by atoms with Crippen molar-refractivity contribution in [2.45, 2.75) is 83.3 Å². The van der Waals surface area contributed by atoms with Crippen molar-refractivity contribution in [2.24, 2.45) is 5.92 Å². The van der Waals surface area contributed by atoms with E-state index >= 15 is 0 Å². The van der Waals surface area contributed by atoms with E-state index < -0.39 is 0 Å². The summed E-state index contributed by atoms with van der Waals surface area (Å²) in [5.41, 5.74) is 0. The molecule has 3 fully saturated rings. The van der Waals surface area contributed by atoms with Gasteiger partial charge in [-0.3, -0.25) is 9.59 Å². The molecule has 2 aliphatic heterocycles. The number of hydrogen-bond donors (Lipinski definition) is 0. The van der Waals surface area contributed by atoms with Crippen molar-refractivity contribution in [3.8, 4) is 0 Å². The van der Waals surface area contributed by atoms with Crippen molar-refractivity contribution >= 4 is 11.8 Å². The molecule has 4 unspecified atom stereocenters. The second-order valence-electron chi connectivity index (χ2n) is 7.13. The van der Waals surface area contributed by atoms with Crippen molar-refractivity contribution in [3.05, 3.63) is 0 Å². The highest BCUT2D eigenvalue weighted by molar-refractivity contribution is 5.97. The van der Waals surface area contributed by atoms with Crippen molar-refractivity contribution < 1.29 is 9.59 Å². The first-order valence-electron chi connectivity index (χ1n) is 8.76. The SMILES string of the molecule is CCC1C(=O)N2CCCC2C(=O)N1C1CCCC(C)CC1. The molecule has 0 radical (unpaired) electrons. The molecule has 3 aliphatic rings. The first kappa shape index (κ1) is 14.9. The molecule has 4 atom stereocenters. The molecular weight excluding hydrogens is 264 g/mol. The highest BCUT2D eigenvalue weighted by Crippen LogP contribution is 2.34. The van der Waals surface area contributed by atoms with Gasteiger partial charge in [0.25, 0.3) is 0 Å². The number of hydrogen-bond acceptors (Lipinski definition) is 2. The Hall–Kier alpha value is -1.06. The zero-order valence-electron chi connectivity index (χ0n) is 13.4. The lowest BCUT2D eigenvalue weighted by Gasteiger charge is -2.45. The first-order chi connectivity index (χ1) is 10.1. The quantitative estimate of drug-likeness (QED) is 0.734. The smallest absolute Gasteiger partial charge is 0.246 e. The Balaban J connectivity index is 1.83. The van der Waals surface area contributed by atoms with Crippen molar-refractivity contribution in [1.82, 2.24) is 9.80 Å². The van der Waals surface area contributed by atoms with Gasteiger partial charge in [0.2, 0.25) is 11.8 Å². The molecule has 1 aliphatic carbocycles. The Morgan fingerprint density at radius 1 is 1.00 bits per heavy atom. The third-order valence-electron chi connectivity index (χ3n) is 5.70. The molecule has 0 bridgehead atoms. The summed E-state index contributed by atoms with van der Waals surface area (Å²) in [4.78, 5) is 29.5. The average Bonchev–Trinajstić information content (AvgIpc) is 2.87. The minimum atomic E-state index is -0.203. The maximum Gasteiger partial charge on any atom is 0.246 e. The molecule has 3 rings (SSSR count). The second-order valence-corrected chi connectivity index (χ2v) is 7.13. The topological polar surface area (TPSA) is 40.6 Å². The number of rotatable bonds is 2. The molecule has 1 saturated carbocycles. The lowest BCUT2D eigenvalue weighted by Crippen LogP contribution is -2.65. The zero-order chi connectivity index (χ0) is 15.0. The summed E-state index contributed by atoms with van der Waals surface area (Å²) in [6.45, 7) is 5.13. The van der Waals surface area contributed by atoms with Crippen LogP contribution < -0.4 is 0 Å². The summed E-state index contributed by atoms with van der Waals surface area (Å²) in [6, 6.07) is -0.0645. The fraction of sp³-hybridized carbons (Fsp3) is 0.882. The molecule has 0 aromatic carbocycles. The van der Waals surface area contributed by atoms with Crippen molar-refractivity contribution in [1.29, 1.82) is 0 Å². The zero-order valence-corrected chi connectivity index (χ0v) is 13.4. The monoisotopic (exact) mass is 292 g/mol. The molecular formula is C17H28N2O2. The number of fused-ring (bicyclic) bond motifs is 1. The number of carbonyl (C=O) groups is 2. The van der Waals surface area contributed by atoms with Crippen molar-refractivity contribution in [2.75, 3.05) is 6.54 Å². The minimum Gasteiger partial charge on any atom is -0.329 e. The Morgan fingerprint density at radius 2 is 1.81 bits per heavy atom. The van der Waals surface area contributed by atoms with E-state index in [1.807, 2.05) is 16.7 Å². The molecule has 2 heterocycles. The molecule has 2 amide bonds. The van der Waals surface area contributed by atoms with Gasteiger partial charge in [0.05, 0.1) is 0 Å². The van der Waals surface area contributed by atoms with E-state index in [9.17, 15) is 9.59 Å². The van der Waals surface area contributed by atoms with Crippen molar-refractivity contribution in [3.63, 3.8) is 0 Å². The lowest BCUT2D eigenvalue weighted by molar-refractivity contribution is -0.162. The fourth-order valence-corrected chi connectivity index (χ4v) is 4.47. The minimum absolute atomic E-state index is 0.152. The van der Waals surface area contributed by atoms with Gasteiger partial charge in [-0.1, -0.05) is 26.7 Å². The summed E-state index contributed by atoms with van der Waals surface area (Å²) in [6.07, 6.45) is 8.38. The molecule has 0 aromatic heterocycles. The van der Waals surface area contributed by atoms with E-state index in [0.29, 0.717) is 6.04 Å². The van der Waals surface area contributed by atoms with Gasteiger partial charge in [0.15, 0.2) is 0 Å². The summed E-state index contributed by atoms with van der Waals surface area (Å²) >= 11 is 0. The second kappa shape index (κ2) is 5.98. The van der Waals surface area contributed by atoms with Crippen LogP contribution in [0.5, 0.6) is 0 Å². The number of piperazine rings is 1. The maximum atomic E-state index is 12.9. The Bertz CT molecular complexity index is 423. The molecule has 0 N–H and O–H groups in total. The van der Waals surface area contributed by atoms with Crippen LogP contribution in [-0.4, -0.2) is 46.3 Å². The van der Waals surface area contributed by atoms with Gasteiger partial charge in [-0.05, 0) is 44.4 Å². The van der Waals surface area contributed by atoms with Gasteiger partial charge in [0, 0.05) is 12.6 Å². The standard InChI is InChI=1S/C17H28N2O2/c1-3-14-16(20)18-11-5-8-15(18)17(21)19(14)13-7-4-6-12(2)9-10-13/h12-15H,3-11H2,1-2H3. The van der Waals surface area contributed by atoms with Gasteiger partial charge >= 0.3 is 0 Å². The van der Waals surface area contributed by atoms with E-state index in [1.165, 1.54) is 19.3 Å². The van der Waals surface area contributed by atoms with E-state index in [2.05, 4.69) is 6.92 Å². The van der Waals surface area contributed by atoms with E-state index in [0.717, 1.165) is 44.6 Å². The molecule has 21 heavy (non-hydrogen) atoms. The molecule has 2 saturated heterocycles. The van der Waals surface area contributed by atoms with E-state index in [-0.39, 0.29) is 23.9 Å². The summed E-state index contributed by atoms with van der Waals surface area (Å²) in [5.74, 6) is 1.20. The summed E-state index contributed by atoms with van der Waals surface area (Å²) in [5, 5.41) is 0.